The number of rotatable bonds is 9. The first kappa shape index (κ1) is 20.4. The van der Waals surface area contributed by atoms with E-state index < -0.39 is 4.92 Å². The van der Waals surface area contributed by atoms with Gasteiger partial charge in [-0.25, -0.2) is 0 Å². The molecule has 2 aromatic carbocycles. The van der Waals surface area contributed by atoms with Crippen LogP contribution in [-0.2, 0) is 17.6 Å². The van der Waals surface area contributed by atoms with Gasteiger partial charge in [-0.05, 0) is 43.0 Å². The molecule has 6 heteroatoms. The number of hydrogen-bond donors (Lipinski definition) is 0. The van der Waals surface area contributed by atoms with Gasteiger partial charge in [-0.15, -0.1) is 0 Å². The highest BCUT2D eigenvalue weighted by atomic mass is 16.6. The summed E-state index contributed by atoms with van der Waals surface area (Å²) in [4.78, 5) is 25.3. The summed E-state index contributed by atoms with van der Waals surface area (Å²) >= 11 is 0. The molecule has 0 atom stereocenters. The Hall–Kier alpha value is -2.89. The molecule has 0 aliphatic rings. The van der Waals surface area contributed by atoms with Gasteiger partial charge in [-0.3, -0.25) is 14.9 Å². The second-order valence-electron chi connectivity index (χ2n) is 6.47. The van der Waals surface area contributed by atoms with Crippen molar-refractivity contribution < 1.29 is 14.5 Å². The first-order valence-corrected chi connectivity index (χ1v) is 9.09. The normalized spacial score (nSPS) is 10.5. The summed E-state index contributed by atoms with van der Waals surface area (Å²) in [6, 6.07) is 12.7. The zero-order chi connectivity index (χ0) is 19.8. The Morgan fingerprint density at radius 1 is 1.15 bits per heavy atom. The SMILES string of the molecule is CCCN(CCc1ccc(OC)cc1)C(=O)Cc1cccc([N+](=O)[O-])c1C. The molecule has 0 aliphatic heterocycles. The molecule has 144 valence electrons. The molecule has 6 nitrogen and oxygen atoms in total. The molecule has 2 aromatic rings. The highest BCUT2D eigenvalue weighted by molar-refractivity contribution is 5.79. The van der Waals surface area contributed by atoms with E-state index in [-0.39, 0.29) is 18.0 Å². The van der Waals surface area contributed by atoms with Crippen LogP contribution in [0.1, 0.15) is 30.0 Å². The van der Waals surface area contributed by atoms with Crippen LogP contribution in [0.4, 0.5) is 5.69 Å². The fourth-order valence-corrected chi connectivity index (χ4v) is 3.02. The van der Waals surface area contributed by atoms with Crippen LogP contribution in [0.5, 0.6) is 5.75 Å². The number of nitro groups is 1. The van der Waals surface area contributed by atoms with Gasteiger partial charge in [-0.2, -0.15) is 0 Å². The first-order chi connectivity index (χ1) is 13.0. The molecule has 0 aromatic heterocycles. The van der Waals surface area contributed by atoms with Gasteiger partial charge in [0.05, 0.1) is 18.5 Å². The smallest absolute Gasteiger partial charge is 0.272 e. The summed E-state index contributed by atoms with van der Waals surface area (Å²) in [5.41, 5.74) is 2.46. The highest BCUT2D eigenvalue weighted by Gasteiger charge is 2.18. The van der Waals surface area contributed by atoms with E-state index in [1.807, 2.05) is 36.1 Å². The quantitative estimate of drug-likeness (QED) is 0.495. The Balaban J connectivity index is 2.06. The summed E-state index contributed by atoms with van der Waals surface area (Å²) in [6.45, 7) is 5.02. The lowest BCUT2D eigenvalue weighted by atomic mass is 10.0. The standard InChI is InChI=1S/C21H26N2O4/c1-4-13-22(14-12-17-8-10-19(27-3)11-9-17)21(24)15-18-6-5-7-20(16(18)2)23(25)26/h5-11H,4,12-15H2,1-3H3. The molecule has 27 heavy (non-hydrogen) atoms. The fraction of sp³-hybridized carbons (Fsp3) is 0.381. The Morgan fingerprint density at radius 2 is 1.85 bits per heavy atom. The van der Waals surface area contributed by atoms with E-state index in [1.165, 1.54) is 6.07 Å². The number of hydrogen-bond acceptors (Lipinski definition) is 4. The van der Waals surface area contributed by atoms with Crippen molar-refractivity contribution in [1.29, 1.82) is 0 Å². The molecule has 0 saturated carbocycles. The van der Waals surface area contributed by atoms with Gasteiger partial charge in [0, 0.05) is 24.7 Å². The van der Waals surface area contributed by atoms with Gasteiger partial charge in [-0.1, -0.05) is 31.2 Å². The van der Waals surface area contributed by atoms with E-state index in [0.29, 0.717) is 24.2 Å². The summed E-state index contributed by atoms with van der Waals surface area (Å²) in [7, 11) is 1.63. The predicted octanol–water partition coefficient (Wildman–Crippen LogP) is 3.94. The Labute approximate surface area is 159 Å². The number of benzene rings is 2. The van der Waals surface area contributed by atoms with Gasteiger partial charge in [0.25, 0.3) is 5.69 Å². The molecule has 0 fully saturated rings. The third kappa shape index (κ3) is 5.54. The monoisotopic (exact) mass is 370 g/mol. The molecule has 0 spiro atoms. The fourth-order valence-electron chi connectivity index (χ4n) is 3.02. The van der Waals surface area contributed by atoms with E-state index in [1.54, 1.807) is 26.2 Å². The van der Waals surface area contributed by atoms with Gasteiger partial charge in [0.2, 0.25) is 5.91 Å². The molecule has 0 saturated heterocycles. The number of nitrogens with zero attached hydrogens (tertiary/aromatic N) is 2. The first-order valence-electron chi connectivity index (χ1n) is 9.09. The summed E-state index contributed by atoms with van der Waals surface area (Å²) in [5, 5.41) is 11.1. The van der Waals surface area contributed by atoms with Crippen LogP contribution in [0, 0.1) is 17.0 Å². The molecule has 0 radical (unpaired) electrons. The van der Waals surface area contributed by atoms with Crippen LogP contribution >= 0.6 is 0 Å². The molecule has 0 heterocycles. The van der Waals surface area contributed by atoms with Crippen LogP contribution in [0.3, 0.4) is 0 Å². The van der Waals surface area contributed by atoms with Crippen molar-refractivity contribution in [3.05, 3.63) is 69.3 Å². The largest absolute Gasteiger partial charge is 0.497 e. The second-order valence-corrected chi connectivity index (χ2v) is 6.47. The maximum absolute atomic E-state index is 12.8. The summed E-state index contributed by atoms with van der Waals surface area (Å²) in [5.74, 6) is 0.801. The number of carbonyl (C=O) groups is 1. The Bertz CT molecular complexity index is 787. The Kier molecular flexibility index (Phi) is 7.34. The van der Waals surface area contributed by atoms with Crippen molar-refractivity contribution in [3.8, 4) is 5.75 Å². The lowest BCUT2D eigenvalue weighted by Crippen LogP contribution is -2.35. The van der Waals surface area contributed by atoms with E-state index in [9.17, 15) is 14.9 Å². The van der Waals surface area contributed by atoms with Crippen molar-refractivity contribution in [2.45, 2.75) is 33.1 Å². The summed E-state index contributed by atoms with van der Waals surface area (Å²) < 4.78 is 5.16. The minimum atomic E-state index is -0.406. The third-order valence-corrected chi connectivity index (χ3v) is 4.63. The van der Waals surface area contributed by atoms with Crippen molar-refractivity contribution in [2.24, 2.45) is 0 Å². The van der Waals surface area contributed by atoms with Crippen LogP contribution in [-0.4, -0.2) is 35.9 Å². The van der Waals surface area contributed by atoms with Crippen molar-refractivity contribution in [2.75, 3.05) is 20.2 Å². The van der Waals surface area contributed by atoms with Gasteiger partial charge in [0.1, 0.15) is 5.75 Å². The average Bonchev–Trinajstić information content (AvgIpc) is 2.66. The molecule has 0 unspecified atom stereocenters. The molecule has 0 bridgehead atoms. The predicted molar refractivity (Wildman–Crippen MR) is 105 cm³/mol. The molecular formula is C21H26N2O4. The lowest BCUT2D eigenvalue weighted by Gasteiger charge is -2.23. The van der Waals surface area contributed by atoms with Crippen LogP contribution < -0.4 is 4.74 Å². The maximum atomic E-state index is 12.8. The topological polar surface area (TPSA) is 72.7 Å². The molecule has 0 aliphatic carbocycles. The zero-order valence-corrected chi connectivity index (χ0v) is 16.1. The summed E-state index contributed by atoms with van der Waals surface area (Å²) in [6.07, 6.45) is 1.79. The van der Waals surface area contributed by atoms with E-state index >= 15 is 0 Å². The number of carbonyl (C=O) groups excluding carboxylic acids is 1. The average molecular weight is 370 g/mol. The third-order valence-electron chi connectivity index (χ3n) is 4.63. The number of methoxy groups -OCH3 is 1. The van der Waals surface area contributed by atoms with Gasteiger partial charge < -0.3 is 9.64 Å². The van der Waals surface area contributed by atoms with Gasteiger partial charge in [0.15, 0.2) is 0 Å². The lowest BCUT2D eigenvalue weighted by molar-refractivity contribution is -0.385. The molecule has 1 amide bonds. The van der Waals surface area contributed by atoms with Gasteiger partial charge >= 0.3 is 0 Å². The highest BCUT2D eigenvalue weighted by Crippen LogP contribution is 2.22. The second kappa shape index (κ2) is 9.71. The minimum absolute atomic E-state index is 0.00559. The zero-order valence-electron chi connectivity index (χ0n) is 16.1. The molecular weight excluding hydrogens is 344 g/mol. The van der Waals surface area contributed by atoms with E-state index in [2.05, 4.69) is 0 Å². The van der Waals surface area contributed by atoms with E-state index in [4.69, 9.17) is 4.74 Å². The van der Waals surface area contributed by atoms with Crippen LogP contribution in [0.2, 0.25) is 0 Å². The van der Waals surface area contributed by atoms with Crippen LogP contribution in [0.15, 0.2) is 42.5 Å². The molecule has 0 N–H and O–H groups in total. The van der Waals surface area contributed by atoms with Crippen LogP contribution in [0.25, 0.3) is 0 Å². The molecule has 2 rings (SSSR count). The van der Waals surface area contributed by atoms with E-state index in [0.717, 1.165) is 24.2 Å². The van der Waals surface area contributed by atoms with Crippen molar-refractivity contribution in [1.82, 2.24) is 4.90 Å². The number of amides is 1. The maximum Gasteiger partial charge on any atom is 0.272 e. The Morgan fingerprint density at radius 3 is 2.44 bits per heavy atom. The van der Waals surface area contributed by atoms with Crippen molar-refractivity contribution in [3.63, 3.8) is 0 Å². The van der Waals surface area contributed by atoms with Crippen molar-refractivity contribution >= 4 is 11.6 Å². The minimum Gasteiger partial charge on any atom is -0.497 e. The number of nitro benzene ring substituents is 1. The number of ether oxygens (including phenoxy) is 1.